The van der Waals surface area contributed by atoms with E-state index in [1.807, 2.05) is 6.08 Å². The van der Waals surface area contributed by atoms with Gasteiger partial charge in [-0.3, -0.25) is 9.59 Å². The van der Waals surface area contributed by atoms with E-state index in [1.54, 1.807) is 6.08 Å². The van der Waals surface area contributed by atoms with Gasteiger partial charge in [0.25, 0.3) is 0 Å². The van der Waals surface area contributed by atoms with Crippen molar-refractivity contribution in [1.82, 2.24) is 5.32 Å². The Balaban J connectivity index is 3.57. The molecule has 0 saturated heterocycles. The number of aliphatic hydroxyl groups excluding tert-OH is 2. The third kappa shape index (κ3) is 38.1. The lowest BCUT2D eigenvalue weighted by Crippen LogP contribution is -2.45. The highest BCUT2D eigenvalue weighted by atomic mass is 16.5. The maximum absolute atomic E-state index is 12.4. The minimum Gasteiger partial charge on any atom is -0.466 e. The van der Waals surface area contributed by atoms with E-state index in [1.165, 1.54) is 128 Å². The van der Waals surface area contributed by atoms with E-state index in [0.717, 1.165) is 77.0 Å². The van der Waals surface area contributed by atoms with Gasteiger partial charge < -0.3 is 20.3 Å². The summed E-state index contributed by atoms with van der Waals surface area (Å²) in [5, 5.41) is 22.9. The molecule has 0 aliphatic heterocycles. The van der Waals surface area contributed by atoms with Gasteiger partial charge in [-0.05, 0) is 57.8 Å². The molecule has 0 radical (unpaired) electrons. The topological polar surface area (TPSA) is 95.9 Å². The van der Waals surface area contributed by atoms with Crippen LogP contribution in [0.3, 0.4) is 0 Å². The first kappa shape index (κ1) is 50.3. The van der Waals surface area contributed by atoms with Crippen LogP contribution >= 0.6 is 0 Å². The van der Waals surface area contributed by atoms with Crippen molar-refractivity contribution in [3.05, 3.63) is 24.3 Å². The van der Waals surface area contributed by atoms with Crippen LogP contribution in [0.25, 0.3) is 0 Å². The molecular weight excluding hydrogens is 647 g/mol. The molecule has 0 aromatic rings. The molecule has 0 aromatic carbocycles. The number of allylic oxidation sites excluding steroid dienone is 3. The summed E-state index contributed by atoms with van der Waals surface area (Å²) in [6, 6.07) is -0.650. The summed E-state index contributed by atoms with van der Waals surface area (Å²) in [4.78, 5) is 24.3. The first-order valence-corrected chi connectivity index (χ1v) is 22.6. The fourth-order valence-electron chi connectivity index (χ4n) is 6.68. The first-order valence-electron chi connectivity index (χ1n) is 22.6. The quantitative estimate of drug-likeness (QED) is 0.0330. The van der Waals surface area contributed by atoms with E-state index >= 15 is 0 Å². The van der Waals surface area contributed by atoms with E-state index in [0.29, 0.717) is 19.4 Å². The summed E-state index contributed by atoms with van der Waals surface area (Å²) < 4.78 is 5.41. The van der Waals surface area contributed by atoms with Crippen molar-refractivity contribution in [2.45, 2.75) is 244 Å². The van der Waals surface area contributed by atoms with Gasteiger partial charge in [-0.2, -0.15) is 0 Å². The Morgan fingerprint density at radius 1 is 0.519 bits per heavy atom. The number of amides is 1. The standard InChI is InChI=1S/C46H87NO5/c1-3-5-7-9-11-13-15-17-19-24-28-32-36-40-46(51)52-41-37-33-29-25-21-20-23-27-31-35-39-45(50)47-43(42-48)44(49)38-34-30-26-22-18-16-14-12-10-8-6-4-2/h21,25,34,38,43-44,48-49H,3-20,22-24,26-33,35-37,39-42H2,1-2H3,(H,47,50)/b25-21-,38-34+. The molecule has 0 fully saturated rings. The van der Waals surface area contributed by atoms with Gasteiger partial charge in [0.15, 0.2) is 0 Å². The third-order valence-corrected chi connectivity index (χ3v) is 10.2. The highest BCUT2D eigenvalue weighted by molar-refractivity contribution is 5.76. The Kier molecular flexibility index (Phi) is 40.7. The molecular formula is C46H87NO5. The van der Waals surface area contributed by atoms with Gasteiger partial charge in [0, 0.05) is 12.8 Å². The molecule has 0 saturated carbocycles. The number of unbranched alkanes of at least 4 members (excludes halogenated alkanes) is 28. The summed E-state index contributed by atoms with van der Waals surface area (Å²) in [5.41, 5.74) is 0. The molecule has 0 heterocycles. The van der Waals surface area contributed by atoms with Crippen molar-refractivity contribution in [2.24, 2.45) is 0 Å². The maximum atomic E-state index is 12.4. The largest absolute Gasteiger partial charge is 0.466 e. The SMILES string of the molecule is CCCCCCCCCCCC/C=C/C(O)C(CO)NC(=O)CCCCCC/C=C\CCCCOC(=O)CCCCCCCCCCCCCCC. The molecule has 0 aromatic heterocycles. The molecule has 0 bridgehead atoms. The van der Waals surface area contributed by atoms with Crippen LogP contribution in [0.2, 0.25) is 0 Å². The van der Waals surface area contributed by atoms with E-state index in [2.05, 4.69) is 31.3 Å². The van der Waals surface area contributed by atoms with Crippen LogP contribution in [0, 0.1) is 0 Å². The molecule has 2 atom stereocenters. The second kappa shape index (κ2) is 42.1. The highest BCUT2D eigenvalue weighted by Crippen LogP contribution is 2.14. The number of hydrogen-bond acceptors (Lipinski definition) is 5. The zero-order chi connectivity index (χ0) is 38.0. The van der Waals surface area contributed by atoms with Gasteiger partial charge in [0.05, 0.1) is 25.4 Å². The van der Waals surface area contributed by atoms with E-state index in [9.17, 15) is 19.8 Å². The van der Waals surface area contributed by atoms with Crippen molar-refractivity contribution in [1.29, 1.82) is 0 Å². The maximum Gasteiger partial charge on any atom is 0.305 e. The van der Waals surface area contributed by atoms with Crippen LogP contribution in [0.4, 0.5) is 0 Å². The lowest BCUT2D eigenvalue weighted by molar-refractivity contribution is -0.143. The first-order chi connectivity index (χ1) is 25.5. The summed E-state index contributed by atoms with van der Waals surface area (Å²) in [6.45, 7) is 4.79. The number of aliphatic hydroxyl groups is 2. The second-order valence-corrected chi connectivity index (χ2v) is 15.4. The molecule has 6 heteroatoms. The van der Waals surface area contributed by atoms with Crippen LogP contribution in [-0.2, 0) is 14.3 Å². The Labute approximate surface area is 322 Å². The van der Waals surface area contributed by atoms with Crippen LogP contribution in [0.15, 0.2) is 24.3 Å². The summed E-state index contributed by atoms with van der Waals surface area (Å²) >= 11 is 0. The van der Waals surface area contributed by atoms with Crippen LogP contribution in [-0.4, -0.2) is 47.4 Å². The Hall–Kier alpha value is -1.66. The Morgan fingerprint density at radius 2 is 0.904 bits per heavy atom. The van der Waals surface area contributed by atoms with E-state index < -0.39 is 12.1 Å². The van der Waals surface area contributed by atoms with Crippen LogP contribution < -0.4 is 5.32 Å². The van der Waals surface area contributed by atoms with Crippen LogP contribution in [0.1, 0.15) is 232 Å². The van der Waals surface area contributed by atoms with Crippen molar-refractivity contribution in [2.75, 3.05) is 13.2 Å². The lowest BCUT2D eigenvalue weighted by Gasteiger charge is -2.20. The van der Waals surface area contributed by atoms with Gasteiger partial charge in [-0.15, -0.1) is 0 Å². The van der Waals surface area contributed by atoms with Crippen LogP contribution in [0.5, 0.6) is 0 Å². The third-order valence-electron chi connectivity index (χ3n) is 10.2. The predicted octanol–water partition coefficient (Wildman–Crippen LogP) is 12.8. The van der Waals surface area contributed by atoms with Crippen molar-refractivity contribution >= 4 is 11.9 Å². The Bertz CT molecular complexity index is 813. The number of carbonyl (C=O) groups excluding carboxylic acids is 2. The van der Waals surface area contributed by atoms with Gasteiger partial charge in [0.1, 0.15) is 0 Å². The normalized spacial score (nSPS) is 12.9. The summed E-state index contributed by atoms with van der Waals surface area (Å²) in [7, 11) is 0. The molecule has 2 unspecified atom stereocenters. The van der Waals surface area contributed by atoms with E-state index in [-0.39, 0.29) is 18.5 Å². The average Bonchev–Trinajstić information content (AvgIpc) is 3.14. The highest BCUT2D eigenvalue weighted by Gasteiger charge is 2.18. The Morgan fingerprint density at radius 3 is 1.37 bits per heavy atom. The molecule has 0 aliphatic carbocycles. The molecule has 6 nitrogen and oxygen atoms in total. The molecule has 1 amide bonds. The monoisotopic (exact) mass is 734 g/mol. The second-order valence-electron chi connectivity index (χ2n) is 15.4. The zero-order valence-corrected chi connectivity index (χ0v) is 34.5. The molecule has 52 heavy (non-hydrogen) atoms. The zero-order valence-electron chi connectivity index (χ0n) is 34.5. The summed E-state index contributed by atoms with van der Waals surface area (Å²) in [6.07, 6.45) is 47.4. The predicted molar refractivity (Wildman–Crippen MR) is 223 cm³/mol. The molecule has 0 spiro atoms. The van der Waals surface area contributed by atoms with Gasteiger partial charge in [0.2, 0.25) is 5.91 Å². The van der Waals surface area contributed by atoms with Crippen molar-refractivity contribution < 1.29 is 24.5 Å². The lowest BCUT2D eigenvalue weighted by atomic mass is 10.0. The number of carbonyl (C=O) groups is 2. The summed E-state index contributed by atoms with van der Waals surface area (Å²) in [5.74, 6) is -0.143. The minimum atomic E-state index is -0.863. The molecule has 3 N–H and O–H groups in total. The van der Waals surface area contributed by atoms with Gasteiger partial charge in [-0.25, -0.2) is 0 Å². The number of hydrogen-bond donors (Lipinski definition) is 3. The minimum absolute atomic E-state index is 0.0379. The molecule has 306 valence electrons. The number of rotatable bonds is 41. The smallest absolute Gasteiger partial charge is 0.305 e. The number of esters is 1. The van der Waals surface area contributed by atoms with E-state index in [4.69, 9.17) is 4.74 Å². The fraction of sp³-hybridized carbons (Fsp3) is 0.870. The van der Waals surface area contributed by atoms with Gasteiger partial charge >= 0.3 is 5.97 Å². The average molecular weight is 734 g/mol. The van der Waals surface area contributed by atoms with Crippen molar-refractivity contribution in [3.63, 3.8) is 0 Å². The van der Waals surface area contributed by atoms with Gasteiger partial charge in [-0.1, -0.05) is 186 Å². The van der Waals surface area contributed by atoms with Crippen molar-refractivity contribution in [3.8, 4) is 0 Å². The number of nitrogens with one attached hydrogen (secondary N) is 1. The fourth-order valence-corrected chi connectivity index (χ4v) is 6.68. The number of ether oxygens (including phenoxy) is 1. The molecule has 0 rings (SSSR count). The molecule has 0 aliphatic rings.